The predicted octanol–water partition coefficient (Wildman–Crippen LogP) is 0.644. The third kappa shape index (κ3) is 3.75. The molecule has 11 heteroatoms. The first kappa shape index (κ1) is 23.8. The molecule has 2 amide bonds. The van der Waals surface area contributed by atoms with Gasteiger partial charge in [-0.05, 0) is 31.4 Å². The molecule has 0 aliphatic carbocycles. The molecule has 6 rings (SSSR count). The highest BCUT2D eigenvalue weighted by molar-refractivity contribution is 5.99. The summed E-state index contributed by atoms with van der Waals surface area (Å²) in [6.45, 7) is 0.719. The van der Waals surface area contributed by atoms with Crippen LogP contribution in [0.5, 0.6) is 0 Å². The zero-order chi connectivity index (χ0) is 25.6. The van der Waals surface area contributed by atoms with Crippen molar-refractivity contribution in [1.29, 1.82) is 0 Å². The van der Waals surface area contributed by atoms with Crippen molar-refractivity contribution in [1.82, 2.24) is 24.8 Å². The Hall–Kier alpha value is -3.57. The van der Waals surface area contributed by atoms with Crippen molar-refractivity contribution in [2.75, 3.05) is 26.3 Å². The molecule has 0 bridgehead atoms. The Morgan fingerprint density at radius 2 is 2.00 bits per heavy atom. The molecule has 2 saturated heterocycles. The van der Waals surface area contributed by atoms with Crippen molar-refractivity contribution in [2.45, 2.75) is 43.7 Å². The number of nitrogens with zero attached hydrogens (tertiary/aromatic N) is 5. The summed E-state index contributed by atoms with van der Waals surface area (Å²) < 4.78 is 13.7. The van der Waals surface area contributed by atoms with Crippen molar-refractivity contribution < 1.29 is 29.0 Å². The van der Waals surface area contributed by atoms with Crippen molar-refractivity contribution >= 4 is 28.8 Å². The van der Waals surface area contributed by atoms with Gasteiger partial charge in [0.25, 0.3) is 5.91 Å². The molecule has 2 fully saturated rings. The summed E-state index contributed by atoms with van der Waals surface area (Å²) >= 11 is 0. The van der Waals surface area contributed by atoms with Crippen LogP contribution in [0.15, 0.2) is 48.6 Å². The maximum atomic E-state index is 14.2. The molecule has 11 nitrogen and oxygen atoms in total. The molecule has 5 heterocycles. The molecule has 2 aromatic rings. The topological polar surface area (TPSA) is 127 Å². The SMILES string of the molecule is O=C1OCCC/C=C\[C@H]2O[C@]34C=CCN(Cn5nnc6ccccc65)C(=O)C3N(CCCO)C(=O)[C@@H]4[C@@H]12. The first-order valence-electron chi connectivity index (χ1n) is 12.7. The molecular formula is C26H29N5O6. The van der Waals surface area contributed by atoms with Crippen LogP contribution in [0.2, 0.25) is 0 Å². The quantitative estimate of drug-likeness (QED) is 0.462. The van der Waals surface area contributed by atoms with Gasteiger partial charge >= 0.3 is 5.97 Å². The number of hydrogen-bond donors (Lipinski definition) is 1. The van der Waals surface area contributed by atoms with Crippen LogP contribution in [-0.4, -0.2) is 91.7 Å². The summed E-state index contributed by atoms with van der Waals surface area (Å²) in [5, 5.41) is 17.9. The number of rotatable bonds is 5. The Balaban J connectivity index is 1.39. The largest absolute Gasteiger partial charge is 0.465 e. The number of para-hydroxylation sites is 1. The third-order valence-corrected chi connectivity index (χ3v) is 7.72. The number of esters is 1. The third-order valence-electron chi connectivity index (χ3n) is 7.72. The monoisotopic (exact) mass is 507 g/mol. The normalized spacial score (nSPS) is 32.3. The number of carbonyl (C=O) groups excluding carboxylic acids is 3. The number of carbonyl (C=O) groups is 3. The molecule has 0 radical (unpaired) electrons. The number of allylic oxidation sites excluding steroid dienone is 1. The van der Waals surface area contributed by atoms with Gasteiger partial charge in [-0.3, -0.25) is 14.4 Å². The van der Waals surface area contributed by atoms with Gasteiger partial charge in [0.2, 0.25) is 5.91 Å². The van der Waals surface area contributed by atoms with Gasteiger partial charge in [-0.25, -0.2) is 4.68 Å². The van der Waals surface area contributed by atoms with Crippen molar-refractivity contribution in [3.05, 3.63) is 48.6 Å². The zero-order valence-electron chi connectivity index (χ0n) is 20.3. The van der Waals surface area contributed by atoms with Crippen molar-refractivity contribution in [3.63, 3.8) is 0 Å². The van der Waals surface area contributed by atoms with Crippen LogP contribution in [0, 0.1) is 11.8 Å². The molecular weight excluding hydrogens is 478 g/mol. The fraction of sp³-hybridized carbons (Fsp3) is 0.500. The van der Waals surface area contributed by atoms with Crippen molar-refractivity contribution in [3.8, 4) is 0 Å². The van der Waals surface area contributed by atoms with Gasteiger partial charge in [-0.2, -0.15) is 0 Å². The fourth-order valence-electron chi connectivity index (χ4n) is 6.09. The van der Waals surface area contributed by atoms with Crippen LogP contribution >= 0.6 is 0 Å². The second kappa shape index (κ2) is 9.38. The van der Waals surface area contributed by atoms with Crippen LogP contribution in [-0.2, 0) is 30.5 Å². The Labute approximate surface area is 213 Å². The van der Waals surface area contributed by atoms with E-state index in [4.69, 9.17) is 9.47 Å². The van der Waals surface area contributed by atoms with Gasteiger partial charge in [0, 0.05) is 19.7 Å². The lowest BCUT2D eigenvalue weighted by Crippen LogP contribution is -2.55. The summed E-state index contributed by atoms with van der Waals surface area (Å²) in [6.07, 6.45) is 8.44. The van der Waals surface area contributed by atoms with E-state index < -0.39 is 35.6 Å². The van der Waals surface area contributed by atoms with Gasteiger partial charge < -0.3 is 24.4 Å². The highest BCUT2D eigenvalue weighted by Gasteiger charge is 2.71. The minimum Gasteiger partial charge on any atom is -0.465 e. The van der Waals surface area contributed by atoms with Crippen LogP contribution in [0.25, 0.3) is 11.0 Å². The lowest BCUT2D eigenvalue weighted by molar-refractivity contribution is -0.155. The van der Waals surface area contributed by atoms with Crippen LogP contribution in [0.4, 0.5) is 0 Å². The summed E-state index contributed by atoms with van der Waals surface area (Å²) in [6, 6.07) is 6.50. The number of fused-ring (bicyclic) bond motifs is 3. The molecule has 1 aromatic carbocycles. The minimum atomic E-state index is -1.32. The zero-order valence-corrected chi connectivity index (χ0v) is 20.3. The van der Waals surface area contributed by atoms with E-state index in [1.165, 1.54) is 4.90 Å². The molecule has 1 spiro atoms. The Morgan fingerprint density at radius 1 is 1.14 bits per heavy atom. The number of hydrogen-bond acceptors (Lipinski definition) is 8. The van der Waals surface area contributed by atoms with Gasteiger partial charge in [-0.15, -0.1) is 5.10 Å². The van der Waals surface area contributed by atoms with E-state index >= 15 is 0 Å². The maximum absolute atomic E-state index is 14.2. The average molecular weight is 508 g/mol. The Kier molecular flexibility index (Phi) is 6.04. The van der Waals surface area contributed by atoms with E-state index in [0.717, 1.165) is 11.9 Å². The number of likely N-dealkylation sites (tertiary alicyclic amines) is 1. The molecule has 37 heavy (non-hydrogen) atoms. The van der Waals surface area contributed by atoms with E-state index in [2.05, 4.69) is 10.3 Å². The molecule has 1 unspecified atom stereocenters. The van der Waals surface area contributed by atoms with Gasteiger partial charge in [0.1, 0.15) is 29.7 Å². The van der Waals surface area contributed by atoms with E-state index in [0.29, 0.717) is 18.4 Å². The molecule has 1 aromatic heterocycles. The highest BCUT2D eigenvalue weighted by Crippen LogP contribution is 2.53. The maximum Gasteiger partial charge on any atom is 0.312 e. The van der Waals surface area contributed by atoms with E-state index in [9.17, 15) is 19.5 Å². The summed E-state index contributed by atoms with van der Waals surface area (Å²) in [7, 11) is 0. The molecule has 5 atom stereocenters. The van der Waals surface area contributed by atoms with Crippen LogP contribution in [0.3, 0.4) is 0 Å². The molecule has 4 aliphatic heterocycles. The first-order chi connectivity index (χ1) is 18.0. The predicted molar refractivity (Wildman–Crippen MR) is 130 cm³/mol. The molecule has 0 saturated carbocycles. The summed E-state index contributed by atoms with van der Waals surface area (Å²) in [4.78, 5) is 44.3. The smallest absolute Gasteiger partial charge is 0.312 e. The summed E-state index contributed by atoms with van der Waals surface area (Å²) in [5.41, 5.74) is 0.185. The number of aliphatic hydroxyl groups excluding tert-OH is 1. The van der Waals surface area contributed by atoms with Gasteiger partial charge in [0.15, 0.2) is 0 Å². The minimum absolute atomic E-state index is 0.134. The first-order valence-corrected chi connectivity index (χ1v) is 12.7. The second-order valence-corrected chi connectivity index (χ2v) is 9.87. The Morgan fingerprint density at radius 3 is 2.86 bits per heavy atom. The van der Waals surface area contributed by atoms with E-state index in [1.807, 2.05) is 42.5 Å². The lowest BCUT2D eigenvalue weighted by atomic mass is 9.78. The van der Waals surface area contributed by atoms with Gasteiger partial charge in [0.05, 0.1) is 24.1 Å². The fourth-order valence-corrected chi connectivity index (χ4v) is 6.09. The van der Waals surface area contributed by atoms with E-state index in [-0.39, 0.29) is 44.8 Å². The number of benzene rings is 1. The van der Waals surface area contributed by atoms with Crippen LogP contribution in [0.1, 0.15) is 19.3 Å². The number of ether oxygens (including phenoxy) is 2. The number of cyclic esters (lactones) is 1. The van der Waals surface area contributed by atoms with Gasteiger partial charge in [-0.1, -0.05) is 41.7 Å². The molecule has 4 aliphatic rings. The van der Waals surface area contributed by atoms with E-state index in [1.54, 1.807) is 15.7 Å². The standard InChI is InChI=1S/C26H29N5O6/c32-14-7-13-30-22-24(34)29(16-31-18-9-4-3-8-17(18)27-28-31)12-6-11-26(22)21(23(30)33)20-19(37-26)10-2-1-5-15-36-25(20)35/h2-4,6,8-11,19-22,32H,1,5,7,12-16H2/b10-2-/t19-,20+,21+,22?,26+/m1/s1. The summed E-state index contributed by atoms with van der Waals surface area (Å²) in [5.74, 6) is -2.87. The lowest BCUT2D eigenvalue weighted by Gasteiger charge is -2.35. The average Bonchev–Trinajstić information content (AvgIpc) is 3.50. The van der Waals surface area contributed by atoms with Crippen LogP contribution < -0.4 is 0 Å². The highest BCUT2D eigenvalue weighted by atomic mass is 16.6. The van der Waals surface area contributed by atoms with Crippen molar-refractivity contribution in [2.24, 2.45) is 11.8 Å². The number of aromatic nitrogens is 3. The Bertz CT molecular complexity index is 1290. The molecule has 194 valence electrons. The number of amides is 2. The number of aliphatic hydroxyl groups is 1. The molecule has 1 N–H and O–H groups in total. The second-order valence-electron chi connectivity index (χ2n) is 9.87.